The Morgan fingerprint density at radius 1 is 1.04 bits per heavy atom. The Morgan fingerprint density at radius 3 is 2.36 bits per heavy atom. The predicted molar refractivity (Wildman–Crippen MR) is 95.8 cm³/mol. The molecule has 9 heteroatoms. The molecule has 3 heterocycles. The molecule has 0 bridgehead atoms. The number of amides is 1. The number of aromatic nitrogens is 3. The number of nitrogens with zero attached hydrogens (tertiary/aromatic N) is 4. The van der Waals surface area contributed by atoms with E-state index in [1.807, 2.05) is 4.90 Å². The van der Waals surface area contributed by atoms with E-state index in [4.69, 9.17) is 0 Å². The van der Waals surface area contributed by atoms with Crippen molar-refractivity contribution in [2.75, 3.05) is 13.1 Å². The van der Waals surface area contributed by atoms with Crippen LogP contribution in [-0.2, 0) is 17.8 Å². The summed E-state index contributed by atoms with van der Waals surface area (Å²) < 4.78 is 41.5. The van der Waals surface area contributed by atoms with Gasteiger partial charge in [0.05, 0.1) is 5.92 Å². The molecule has 2 aliphatic heterocycles. The quantitative estimate of drug-likeness (QED) is 0.784. The Labute approximate surface area is 161 Å². The third-order valence-electron chi connectivity index (χ3n) is 6.57. The minimum absolute atomic E-state index is 0.00536. The molecule has 1 amide bonds. The molecule has 2 fully saturated rings. The molecule has 1 saturated heterocycles. The number of aryl methyl sites for hydroxylation is 1. The molecule has 1 aliphatic carbocycles. The lowest BCUT2D eigenvalue weighted by molar-refractivity contribution is -0.184. The highest BCUT2D eigenvalue weighted by Crippen LogP contribution is 2.39. The molecule has 1 aromatic rings. The summed E-state index contributed by atoms with van der Waals surface area (Å²) in [4.78, 5) is 27.7. The number of likely N-dealkylation sites (tertiary alicyclic amines) is 1. The summed E-state index contributed by atoms with van der Waals surface area (Å²) in [6.45, 7) is 1.83. The van der Waals surface area contributed by atoms with Crippen LogP contribution in [-0.4, -0.2) is 44.4 Å². The van der Waals surface area contributed by atoms with Gasteiger partial charge in [0, 0.05) is 26.1 Å². The maximum absolute atomic E-state index is 13.0. The molecule has 1 atom stereocenters. The van der Waals surface area contributed by atoms with Crippen LogP contribution in [0, 0.1) is 11.8 Å². The lowest BCUT2D eigenvalue weighted by atomic mass is 9.81. The van der Waals surface area contributed by atoms with Crippen molar-refractivity contribution in [1.29, 1.82) is 0 Å². The summed E-state index contributed by atoms with van der Waals surface area (Å²) in [5, 5.41) is 4.45. The molecule has 0 N–H and O–H groups in total. The zero-order valence-electron chi connectivity index (χ0n) is 16.0. The third-order valence-corrected chi connectivity index (χ3v) is 6.57. The van der Waals surface area contributed by atoms with E-state index in [-0.39, 0.29) is 30.4 Å². The number of rotatable bonds is 3. The highest BCUT2D eigenvalue weighted by Gasteiger charge is 2.41. The Morgan fingerprint density at radius 2 is 1.71 bits per heavy atom. The van der Waals surface area contributed by atoms with Crippen LogP contribution < -0.4 is 5.69 Å². The molecule has 6 nitrogen and oxygen atoms in total. The maximum Gasteiger partial charge on any atom is 0.391 e. The van der Waals surface area contributed by atoms with E-state index in [1.165, 1.54) is 4.68 Å². The van der Waals surface area contributed by atoms with Crippen molar-refractivity contribution >= 4 is 5.91 Å². The lowest BCUT2D eigenvalue weighted by Gasteiger charge is -2.29. The normalized spacial score (nSPS) is 28.4. The Balaban J connectivity index is 1.47. The minimum atomic E-state index is -4.13. The second-order valence-electron chi connectivity index (χ2n) is 8.45. The smallest absolute Gasteiger partial charge is 0.341 e. The zero-order chi connectivity index (χ0) is 19.9. The van der Waals surface area contributed by atoms with E-state index in [1.54, 1.807) is 4.57 Å². The molecule has 0 radical (unpaired) electrons. The number of halogens is 3. The van der Waals surface area contributed by atoms with Crippen molar-refractivity contribution in [1.82, 2.24) is 19.2 Å². The molecule has 0 unspecified atom stereocenters. The summed E-state index contributed by atoms with van der Waals surface area (Å²) in [5.41, 5.74) is -0.287. The Hall–Kier alpha value is -1.80. The first kappa shape index (κ1) is 19.5. The van der Waals surface area contributed by atoms with Crippen molar-refractivity contribution in [2.24, 2.45) is 11.8 Å². The van der Waals surface area contributed by atoms with Gasteiger partial charge >= 0.3 is 11.9 Å². The highest BCUT2D eigenvalue weighted by molar-refractivity contribution is 5.80. The number of fused-ring (bicyclic) bond motifs is 1. The van der Waals surface area contributed by atoms with E-state index < -0.39 is 18.1 Å². The van der Waals surface area contributed by atoms with Gasteiger partial charge in [0.15, 0.2) is 0 Å². The van der Waals surface area contributed by atoms with Crippen LogP contribution in [0.4, 0.5) is 13.2 Å². The van der Waals surface area contributed by atoms with Gasteiger partial charge in [-0.2, -0.15) is 18.3 Å². The zero-order valence-corrected chi connectivity index (χ0v) is 16.0. The monoisotopic (exact) mass is 400 g/mol. The summed E-state index contributed by atoms with van der Waals surface area (Å²) in [6.07, 6.45) is 1.14. The molecule has 28 heavy (non-hydrogen) atoms. The summed E-state index contributed by atoms with van der Waals surface area (Å²) in [5.74, 6) is -0.553. The van der Waals surface area contributed by atoms with E-state index in [0.717, 1.165) is 32.4 Å². The molecular formula is C19H27F3N4O2. The van der Waals surface area contributed by atoms with E-state index in [9.17, 15) is 22.8 Å². The SMILES string of the molecule is O=C([C@@H]1CCCc2nn(CC3CCC(C(F)(F)F)CC3)c(=O)n21)N1CCCC1. The fourth-order valence-corrected chi connectivity index (χ4v) is 4.95. The Kier molecular flexibility index (Phi) is 5.26. The standard InChI is InChI=1S/C19H27F3N4O2/c20-19(21,22)14-8-6-13(7-9-14)12-25-18(28)26-15(4-3-5-16(26)23-25)17(27)24-10-1-2-11-24/h13-15H,1-12H2/t13?,14?,15-/m0/s1. The first-order valence-electron chi connectivity index (χ1n) is 10.4. The van der Waals surface area contributed by atoms with Gasteiger partial charge < -0.3 is 4.90 Å². The molecule has 156 valence electrons. The van der Waals surface area contributed by atoms with E-state index in [2.05, 4.69) is 5.10 Å². The van der Waals surface area contributed by atoms with Gasteiger partial charge in [0.25, 0.3) is 0 Å². The molecule has 1 aromatic heterocycles. The van der Waals surface area contributed by atoms with Crippen molar-refractivity contribution in [2.45, 2.75) is 76.6 Å². The first-order chi connectivity index (χ1) is 13.3. The summed E-state index contributed by atoms with van der Waals surface area (Å²) in [6, 6.07) is -0.482. The summed E-state index contributed by atoms with van der Waals surface area (Å²) in [7, 11) is 0. The molecule has 0 aromatic carbocycles. The first-order valence-corrected chi connectivity index (χ1v) is 10.4. The van der Waals surface area contributed by atoms with Crippen molar-refractivity contribution in [3.8, 4) is 0 Å². The molecule has 1 saturated carbocycles. The van der Waals surface area contributed by atoms with Gasteiger partial charge in [-0.15, -0.1) is 0 Å². The second kappa shape index (κ2) is 7.55. The van der Waals surface area contributed by atoms with E-state index in [0.29, 0.717) is 38.1 Å². The molecule has 3 aliphatic rings. The third kappa shape index (κ3) is 3.72. The van der Waals surface area contributed by atoms with Crippen LogP contribution in [0.3, 0.4) is 0 Å². The predicted octanol–water partition coefficient (Wildman–Crippen LogP) is 2.91. The van der Waals surface area contributed by atoms with Gasteiger partial charge in [0.2, 0.25) is 5.91 Å². The van der Waals surface area contributed by atoms with Crippen LogP contribution in [0.5, 0.6) is 0 Å². The molecule has 0 spiro atoms. The van der Waals surface area contributed by atoms with Crippen molar-refractivity contribution in [3.63, 3.8) is 0 Å². The number of carbonyl (C=O) groups is 1. The average Bonchev–Trinajstić information content (AvgIpc) is 3.30. The fourth-order valence-electron chi connectivity index (χ4n) is 4.95. The average molecular weight is 400 g/mol. The number of hydrogen-bond donors (Lipinski definition) is 0. The van der Waals surface area contributed by atoms with E-state index >= 15 is 0 Å². The Bertz CT molecular complexity index is 771. The van der Waals surface area contributed by atoms with Gasteiger partial charge in [0.1, 0.15) is 11.9 Å². The lowest BCUT2D eigenvalue weighted by Crippen LogP contribution is -2.41. The van der Waals surface area contributed by atoms with Crippen molar-refractivity contribution in [3.05, 3.63) is 16.3 Å². The van der Waals surface area contributed by atoms with Crippen LogP contribution in [0.15, 0.2) is 4.79 Å². The van der Waals surface area contributed by atoms with Gasteiger partial charge in [-0.25, -0.2) is 9.48 Å². The van der Waals surface area contributed by atoms with Gasteiger partial charge in [-0.3, -0.25) is 9.36 Å². The summed E-state index contributed by atoms with van der Waals surface area (Å²) >= 11 is 0. The second-order valence-corrected chi connectivity index (χ2v) is 8.45. The van der Waals surface area contributed by atoms with Crippen LogP contribution in [0.1, 0.15) is 63.2 Å². The fraction of sp³-hybridized carbons (Fsp3) is 0.842. The number of alkyl halides is 3. The highest BCUT2D eigenvalue weighted by atomic mass is 19.4. The van der Waals surface area contributed by atoms with Crippen LogP contribution in [0.2, 0.25) is 0 Å². The minimum Gasteiger partial charge on any atom is -0.341 e. The topological polar surface area (TPSA) is 60.1 Å². The largest absolute Gasteiger partial charge is 0.391 e. The van der Waals surface area contributed by atoms with Crippen LogP contribution >= 0.6 is 0 Å². The maximum atomic E-state index is 13.0. The van der Waals surface area contributed by atoms with Crippen LogP contribution in [0.25, 0.3) is 0 Å². The van der Waals surface area contributed by atoms with Gasteiger partial charge in [-0.1, -0.05) is 0 Å². The number of hydrogen-bond acceptors (Lipinski definition) is 3. The number of carbonyl (C=O) groups excluding carboxylic acids is 1. The van der Waals surface area contributed by atoms with Gasteiger partial charge in [-0.05, 0) is 57.3 Å². The molecular weight excluding hydrogens is 373 g/mol. The molecule has 4 rings (SSSR count). The van der Waals surface area contributed by atoms with Crippen molar-refractivity contribution < 1.29 is 18.0 Å².